The Balaban J connectivity index is 1.56. The van der Waals surface area contributed by atoms with Crippen LogP contribution in [0.5, 0.6) is 0 Å². The number of carboxylic acids is 1. The van der Waals surface area contributed by atoms with E-state index in [1.807, 2.05) is 6.07 Å². The van der Waals surface area contributed by atoms with Crippen LogP contribution < -0.4 is 10.6 Å². The first-order valence-electron chi connectivity index (χ1n) is 7.44. The summed E-state index contributed by atoms with van der Waals surface area (Å²) < 4.78 is 0. The van der Waals surface area contributed by atoms with Crippen LogP contribution in [0.2, 0.25) is 0 Å². The van der Waals surface area contributed by atoms with Gasteiger partial charge in [-0.25, -0.2) is 0 Å². The van der Waals surface area contributed by atoms with Crippen LogP contribution in [0.25, 0.3) is 0 Å². The van der Waals surface area contributed by atoms with E-state index in [9.17, 15) is 9.90 Å². The van der Waals surface area contributed by atoms with Crippen molar-refractivity contribution >= 4 is 5.97 Å². The molecule has 20 heavy (non-hydrogen) atoms. The molecule has 1 aliphatic carbocycles. The first kappa shape index (κ1) is 13.6. The molecule has 1 aromatic carbocycles. The van der Waals surface area contributed by atoms with Crippen LogP contribution in [0, 0.1) is 5.41 Å². The molecule has 2 atom stereocenters. The van der Waals surface area contributed by atoms with E-state index in [0.717, 1.165) is 32.4 Å². The minimum atomic E-state index is -0.650. The van der Waals surface area contributed by atoms with Gasteiger partial charge in [-0.3, -0.25) is 4.79 Å². The highest BCUT2D eigenvalue weighted by Crippen LogP contribution is 2.41. The molecule has 2 unspecified atom stereocenters. The molecule has 1 aromatic rings. The Morgan fingerprint density at radius 3 is 2.65 bits per heavy atom. The highest BCUT2D eigenvalue weighted by Gasteiger charge is 2.43. The molecule has 3 N–H and O–H groups in total. The van der Waals surface area contributed by atoms with Crippen molar-refractivity contribution in [2.24, 2.45) is 5.41 Å². The zero-order valence-electron chi connectivity index (χ0n) is 11.6. The van der Waals surface area contributed by atoms with E-state index in [2.05, 4.69) is 34.9 Å². The predicted molar refractivity (Wildman–Crippen MR) is 77.8 cm³/mol. The summed E-state index contributed by atoms with van der Waals surface area (Å²) in [5, 5.41) is 16.3. The number of aliphatic carboxylic acids is 1. The number of rotatable bonds is 5. The van der Waals surface area contributed by atoms with Gasteiger partial charge in [-0.2, -0.15) is 0 Å². The SMILES string of the molecule is O=C(O)C1(CNC2CC2c2ccccc2)CCNCC1. The highest BCUT2D eigenvalue weighted by molar-refractivity contribution is 5.75. The molecule has 0 spiro atoms. The molecule has 0 radical (unpaired) electrons. The number of nitrogens with one attached hydrogen (secondary N) is 2. The molecule has 4 nitrogen and oxygen atoms in total. The third kappa shape index (κ3) is 2.72. The van der Waals surface area contributed by atoms with Crippen LogP contribution in [0.4, 0.5) is 0 Å². The first-order valence-corrected chi connectivity index (χ1v) is 7.44. The summed E-state index contributed by atoms with van der Waals surface area (Å²) in [6.45, 7) is 2.21. The van der Waals surface area contributed by atoms with E-state index in [0.29, 0.717) is 18.5 Å². The summed E-state index contributed by atoms with van der Waals surface area (Å²) in [4.78, 5) is 11.6. The fourth-order valence-electron chi connectivity index (χ4n) is 3.19. The second-order valence-electron chi connectivity index (χ2n) is 6.08. The third-order valence-electron chi connectivity index (χ3n) is 4.74. The second-order valence-corrected chi connectivity index (χ2v) is 6.08. The van der Waals surface area contributed by atoms with Crippen molar-refractivity contribution in [1.82, 2.24) is 10.6 Å². The molecule has 1 saturated heterocycles. The Labute approximate surface area is 119 Å². The summed E-state index contributed by atoms with van der Waals surface area (Å²) in [5.41, 5.74) is 0.786. The molecule has 1 aliphatic heterocycles. The number of piperidine rings is 1. The lowest BCUT2D eigenvalue weighted by Crippen LogP contribution is -2.48. The van der Waals surface area contributed by atoms with Gasteiger partial charge in [0.05, 0.1) is 5.41 Å². The Morgan fingerprint density at radius 2 is 2.00 bits per heavy atom. The molecule has 2 fully saturated rings. The Kier molecular flexibility index (Phi) is 3.76. The highest BCUT2D eigenvalue weighted by atomic mass is 16.4. The minimum Gasteiger partial charge on any atom is -0.481 e. The van der Waals surface area contributed by atoms with Crippen molar-refractivity contribution < 1.29 is 9.90 Å². The van der Waals surface area contributed by atoms with Crippen LogP contribution in [0.1, 0.15) is 30.7 Å². The van der Waals surface area contributed by atoms with Crippen LogP contribution in [-0.2, 0) is 4.79 Å². The summed E-state index contributed by atoms with van der Waals surface area (Å²) >= 11 is 0. The standard InChI is InChI=1S/C16H22N2O2/c19-15(20)16(6-8-17-9-7-16)11-18-14-10-13(14)12-4-2-1-3-5-12/h1-5,13-14,17-18H,6-11H2,(H,19,20). The maximum absolute atomic E-state index is 11.6. The lowest BCUT2D eigenvalue weighted by atomic mass is 9.79. The fourth-order valence-corrected chi connectivity index (χ4v) is 3.19. The Bertz CT molecular complexity index is 469. The quantitative estimate of drug-likeness (QED) is 0.763. The van der Waals surface area contributed by atoms with Gasteiger partial charge in [0, 0.05) is 18.5 Å². The smallest absolute Gasteiger partial charge is 0.311 e. The normalized spacial score (nSPS) is 28.0. The molecule has 0 amide bonds. The van der Waals surface area contributed by atoms with Crippen LogP contribution in [-0.4, -0.2) is 36.8 Å². The maximum Gasteiger partial charge on any atom is 0.311 e. The number of benzene rings is 1. The first-order chi connectivity index (χ1) is 9.71. The Morgan fingerprint density at radius 1 is 1.30 bits per heavy atom. The predicted octanol–water partition coefficient (Wildman–Crippen LogP) is 1.59. The molecule has 1 saturated carbocycles. The number of carbonyl (C=O) groups is 1. The third-order valence-corrected chi connectivity index (χ3v) is 4.74. The number of hydrogen-bond acceptors (Lipinski definition) is 3. The van der Waals surface area contributed by atoms with Gasteiger partial charge in [-0.1, -0.05) is 30.3 Å². The van der Waals surface area contributed by atoms with Crippen LogP contribution >= 0.6 is 0 Å². The van der Waals surface area contributed by atoms with E-state index < -0.39 is 11.4 Å². The molecule has 0 aromatic heterocycles. The molecule has 4 heteroatoms. The summed E-state index contributed by atoms with van der Waals surface area (Å²) in [5.74, 6) is -0.0906. The molecular formula is C16H22N2O2. The molecule has 1 heterocycles. The summed E-state index contributed by atoms with van der Waals surface area (Å²) in [6.07, 6.45) is 2.56. The van der Waals surface area contributed by atoms with E-state index in [4.69, 9.17) is 0 Å². The lowest BCUT2D eigenvalue weighted by Gasteiger charge is -2.33. The van der Waals surface area contributed by atoms with Gasteiger partial charge in [0.15, 0.2) is 0 Å². The van der Waals surface area contributed by atoms with Crippen molar-refractivity contribution in [3.05, 3.63) is 35.9 Å². The van der Waals surface area contributed by atoms with Gasteiger partial charge in [-0.15, -0.1) is 0 Å². The van der Waals surface area contributed by atoms with Crippen LogP contribution in [0.15, 0.2) is 30.3 Å². The topological polar surface area (TPSA) is 61.4 Å². The number of hydrogen-bond donors (Lipinski definition) is 3. The van der Waals surface area contributed by atoms with Crippen molar-refractivity contribution in [2.45, 2.75) is 31.2 Å². The number of carboxylic acid groups (broad SMARTS) is 1. The molecule has 3 rings (SSSR count). The second kappa shape index (κ2) is 5.54. The lowest BCUT2D eigenvalue weighted by molar-refractivity contribution is -0.150. The van der Waals surface area contributed by atoms with E-state index in [-0.39, 0.29) is 0 Å². The molecule has 0 bridgehead atoms. The zero-order chi connectivity index (χ0) is 14.0. The van der Waals surface area contributed by atoms with Gasteiger partial charge >= 0.3 is 5.97 Å². The monoisotopic (exact) mass is 274 g/mol. The van der Waals surface area contributed by atoms with E-state index in [1.54, 1.807) is 0 Å². The average Bonchev–Trinajstić information content (AvgIpc) is 3.27. The largest absolute Gasteiger partial charge is 0.481 e. The fraction of sp³-hybridized carbons (Fsp3) is 0.562. The van der Waals surface area contributed by atoms with Gasteiger partial charge < -0.3 is 15.7 Å². The van der Waals surface area contributed by atoms with Crippen molar-refractivity contribution in [3.8, 4) is 0 Å². The van der Waals surface area contributed by atoms with E-state index in [1.165, 1.54) is 5.56 Å². The van der Waals surface area contributed by atoms with Gasteiger partial charge in [0.2, 0.25) is 0 Å². The maximum atomic E-state index is 11.6. The van der Waals surface area contributed by atoms with Crippen molar-refractivity contribution in [2.75, 3.05) is 19.6 Å². The average molecular weight is 274 g/mol. The van der Waals surface area contributed by atoms with Crippen molar-refractivity contribution in [1.29, 1.82) is 0 Å². The van der Waals surface area contributed by atoms with Crippen LogP contribution in [0.3, 0.4) is 0 Å². The van der Waals surface area contributed by atoms with Gasteiger partial charge in [0.25, 0.3) is 0 Å². The molecular weight excluding hydrogens is 252 g/mol. The summed E-state index contributed by atoms with van der Waals surface area (Å²) in [7, 11) is 0. The zero-order valence-corrected chi connectivity index (χ0v) is 11.6. The van der Waals surface area contributed by atoms with Gasteiger partial charge in [-0.05, 0) is 37.9 Å². The Hall–Kier alpha value is -1.39. The van der Waals surface area contributed by atoms with E-state index >= 15 is 0 Å². The molecule has 2 aliphatic rings. The summed E-state index contributed by atoms with van der Waals surface area (Å²) in [6, 6.07) is 10.9. The molecule has 108 valence electrons. The van der Waals surface area contributed by atoms with Gasteiger partial charge in [0.1, 0.15) is 0 Å². The minimum absolute atomic E-state index is 0.448. The van der Waals surface area contributed by atoms with Crippen molar-refractivity contribution in [3.63, 3.8) is 0 Å².